The maximum atomic E-state index is 12.3. The minimum atomic E-state index is -0.253. The molecule has 1 saturated heterocycles. The molecule has 0 spiro atoms. The third-order valence-corrected chi connectivity index (χ3v) is 5.24. The summed E-state index contributed by atoms with van der Waals surface area (Å²) in [5.41, 5.74) is 1.22. The largest absolute Gasteiger partial charge is 0.493 e. The van der Waals surface area contributed by atoms with Crippen molar-refractivity contribution < 1.29 is 14.3 Å². The van der Waals surface area contributed by atoms with Gasteiger partial charge in [0.1, 0.15) is 0 Å². The van der Waals surface area contributed by atoms with Gasteiger partial charge in [0, 0.05) is 5.56 Å². The highest BCUT2D eigenvalue weighted by Gasteiger charge is 2.25. The molecule has 1 fully saturated rings. The highest BCUT2D eigenvalue weighted by molar-refractivity contribution is 8.18. The Labute approximate surface area is 165 Å². The van der Waals surface area contributed by atoms with Crippen LogP contribution >= 0.6 is 35.0 Å². The van der Waals surface area contributed by atoms with Gasteiger partial charge in [-0.25, -0.2) is 4.99 Å². The smallest absolute Gasteiger partial charge is 0.264 e. The normalized spacial score (nSPS) is 16.8. The number of ether oxygens (including phenoxy) is 2. The number of halogens is 2. The number of hydrogen-bond donors (Lipinski definition) is 1. The zero-order valence-electron chi connectivity index (χ0n) is 13.9. The Balaban J connectivity index is 1.92. The van der Waals surface area contributed by atoms with Crippen LogP contribution in [0.15, 0.2) is 46.3 Å². The number of amidine groups is 1. The summed E-state index contributed by atoms with van der Waals surface area (Å²) in [6, 6.07) is 10.6. The van der Waals surface area contributed by atoms with Gasteiger partial charge in [0.25, 0.3) is 5.91 Å². The first-order valence-corrected chi connectivity index (χ1v) is 9.05. The predicted octanol–water partition coefficient (Wildman–Crippen LogP) is 4.90. The number of methoxy groups -OCH3 is 2. The fourth-order valence-electron chi connectivity index (χ4n) is 2.34. The fraction of sp³-hybridized carbons (Fsp3) is 0.111. The topological polar surface area (TPSA) is 59.9 Å². The Morgan fingerprint density at radius 1 is 1.12 bits per heavy atom. The van der Waals surface area contributed by atoms with Gasteiger partial charge in [0.15, 0.2) is 16.7 Å². The molecule has 0 aromatic heterocycles. The lowest BCUT2D eigenvalue weighted by atomic mass is 10.1. The van der Waals surface area contributed by atoms with Crippen LogP contribution in [-0.2, 0) is 4.79 Å². The van der Waals surface area contributed by atoms with E-state index in [0.717, 1.165) is 5.56 Å². The zero-order chi connectivity index (χ0) is 18.7. The molecular weight excluding hydrogens is 395 g/mol. The average Bonchev–Trinajstić information content (AvgIpc) is 2.97. The van der Waals surface area contributed by atoms with Crippen LogP contribution in [0, 0.1) is 0 Å². The van der Waals surface area contributed by atoms with Gasteiger partial charge in [0.05, 0.1) is 34.9 Å². The van der Waals surface area contributed by atoms with Crippen LogP contribution in [-0.4, -0.2) is 25.3 Å². The van der Waals surface area contributed by atoms with E-state index in [4.69, 9.17) is 32.7 Å². The number of rotatable bonds is 4. The molecule has 1 amide bonds. The van der Waals surface area contributed by atoms with Crippen LogP contribution < -0.4 is 14.8 Å². The summed E-state index contributed by atoms with van der Waals surface area (Å²) in [5.74, 6) is 0.890. The number of nitrogens with one attached hydrogen (secondary N) is 1. The Hall–Kier alpha value is -2.15. The lowest BCUT2D eigenvalue weighted by Crippen LogP contribution is -2.19. The highest BCUT2D eigenvalue weighted by atomic mass is 35.5. The molecule has 0 unspecified atom stereocenters. The summed E-state index contributed by atoms with van der Waals surface area (Å²) in [6.45, 7) is 0. The third-order valence-electron chi connectivity index (χ3n) is 3.52. The van der Waals surface area contributed by atoms with Crippen molar-refractivity contribution in [1.82, 2.24) is 5.32 Å². The Kier molecular flexibility index (Phi) is 5.76. The molecule has 0 aliphatic carbocycles. The van der Waals surface area contributed by atoms with Crippen LogP contribution in [0.5, 0.6) is 11.5 Å². The van der Waals surface area contributed by atoms with Gasteiger partial charge in [-0.3, -0.25) is 4.79 Å². The molecule has 0 radical (unpaired) electrons. The van der Waals surface area contributed by atoms with Gasteiger partial charge in [0.2, 0.25) is 0 Å². The Morgan fingerprint density at radius 3 is 2.62 bits per heavy atom. The molecular formula is C18H14Cl2N2O3S. The second kappa shape index (κ2) is 8.03. The van der Waals surface area contributed by atoms with Crippen molar-refractivity contribution in [3.05, 3.63) is 56.9 Å². The lowest BCUT2D eigenvalue weighted by molar-refractivity contribution is -0.115. The molecule has 2 aromatic rings. The van der Waals surface area contributed by atoms with Crippen LogP contribution in [0.3, 0.4) is 0 Å². The predicted molar refractivity (Wildman–Crippen MR) is 107 cm³/mol. The molecule has 0 saturated carbocycles. The Morgan fingerprint density at radius 2 is 1.88 bits per heavy atom. The lowest BCUT2D eigenvalue weighted by Gasteiger charge is -2.10. The highest BCUT2D eigenvalue weighted by Crippen LogP contribution is 2.37. The number of benzene rings is 2. The van der Waals surface area contributed by atoms with Crippen molar-refractivity contribution in [2.45, 2.75) is 0 Å². The van der Waals surface area contributed by atoms with Crippen molar-refractivity contribution in [2.75, 3.05) is 14.2 Å². The van der Waals surface area contributed by atoms with Crippen LogP contribution in [0.4, 0.5) is 5.69 Å². The van der Waals surface area contributed by atoms with E-state index >= 15 is 0 Å². The van der Waals surface area contributed by atoms with E-state index in [1.807, 2.05) is 12.1 Å². The van der Waals surface area contributed by atoms with Crippen molar-refractivity contribution >= 4 is 57.8 Å². The number of carbonyl (C=O) groups excluding carboxylic acids is 1. The maximum absolute atomic E-state index is 12.3. The molecule has 134 valence electrons. The number of carbonyl (C=O) groups is 1. The molecule has 26 heavy (non-hydrogen) atoms. The number of hydrogen-bond acceptors (Lipinski definition) is 5. The van der Waals surface area contributed by atoms with E-state index in [1.165, 1.54) is 11.8 Å². The van der Waals surface area contributed by atoms with E-state index in [9.17, 15) is 4.79 Å². The summed E-state index contributed by atoms with van der Waals surface area (Å²) in [4.78, 5) is 17.1. The number of nitrogens with zero attached hydrogens (tertiary/aromatic N) is 1. The van der Waals surface area contributed by atoms with E-state index in [1.54, 1.807) is 44.6 Å². The number of aliphatic imine (C=N–C) groups is 1. The maximum Gasteiger partial charge on any atom is 0.264 e. The molecule has 8 heteroatoms. The molecule has 0 atom stereocenters. The minimum Gasteiger partial charge on any atom is -0.493 e. The molecule has 3 rings (SSSR count). The SMILES string of the molecule is COc1cccc(C=C2SC(=Nc3cccc(Cl)c3Cl)NC2=O)c1OC. The summed E-state index contributed by atoms with van der Waals surface area (Å²) in [5, 5.41) is 3.88. The minimum absolute atomic E-state index is 0.253. The van der Waals surface area contributed by atoms with E-state index < -0.39 is 0 Å². The summed E-state index contributed by atoms with van der Waals surface area (Å²) in [7, 11) is 3.11. The van der Waals surface area contributed by atoms with E-state index in [0.29, 0.717) is 37.3 Å². The van der Waals surface area contributed by atoms with Gasteiger partial charge >= 0.3 is 0 Å². The van der Waals surface area contributed by atoms with Crippen molar-refractivity contribution in [3.8, 4) is 11.5 Å². The van der Waals surface area contributed by atoms with Gasteiger partial charge in [-0.15, -0.1) is 0 Å². The first kappa shape index (κ1) is 18.6. The number of para-hydroxylation sites is 1. The number of thioether (sulfide) groups is 1. The third kappa shape index (κ3) is 3.82. The van der Waals surface area contributed by atoms with Gasteiger partial charge in [-0.1, -0.05) is 41.4 Å². The van der Waals surface area contributed by atoms with Gasteiger partial charge in [-0.2, -0.15) is 0 Å². The number of amides is 1. The standard InChI is InChI=1S/C18H14Cl2N2O3S/c1-24-13-8-3-5-10(16(13)25-2)9-14-17(23)22-18(26-14)21-12-7-4-6-11(19)15(12)20/h3-9H,1-2H3,(H,21,22,23). The molecule has 0 bridgehead atoms. The monoisotopic (exact) mass is 408 g/mol. The van der Waals surface area contributed by atoms with Gasteiger partial charge < -0.3 is 14.8 Å². The van der Waals surface area contributed by atoms with Gasteiger partial charge in [-0.05, 0) is 36.0 Å². The molecule has 5 nitrogen and oxygen atoms in total. The van der Waals surface area contributed by atoms with Crippen molar-refractivity contribution in [2.24, 2.45) is 4.99 Å². The van der Waals surface area contributed by atoms with Crippen LogP contribution in [0.1, 0.15) is 5.56 Å². The molecule has 1 aliphatic heterocycles. The summed E-state index contributed by atoms with van der Waals surface area (Å²) in [6.07, 6.45) is 1.73. The molecule has 1 N–H and O–H groups in total. The molecule has 1 heterocycles. The zero-order valence-corrected chi connectivity index (χ0v) is 16.2. The average molecular weight is 409 g/mol. The Bertz CT molecular complexity index is 929. The fourth-order valence-corrected chi connectivity index (χ4v) is 3.50. The second-order valence-electron chi connectivity index (χ2n) is 5.14. The second-order valence-corrected chi connectivity index (χ2v) is 6.95. The first-order valence-electron chi connectivity index (χ1n) is 7.48. The van der Waals surface area contributed by atoms with E-state index in [-0.39, 0.29) is 5.91 Å². The summed E-state index contributed by atoms with van der Waals surface area (Å²) < 4.78 is 10.7. The molecule has 1 aliphatic rings. The van der Waals surface area contributed by atoms with Crippen LogP contribution in [0.25, 0.3) is 6.08 Å². The quantitative estimate of drug-likeness (QED) is 0.730. The first-order chi connectivity index (χ1) is 12.5. The van der Waals surface area contributed by atoms with Crippen molar-refractivity contribution in [3.63, 3.8) is 0 Å². The van der Waals surface area contributed by atoms with Crippen LogP contribution in [0.2, 0.25) is 10.0 Å². The summed E-state index contributed by atoms with van der Waals surface area (Å²) >= 11 is 13.3. The van der Waals surface area contributed by atoms with Crippen molar-refractivity contribution in [1.29, 1.82) is 0 Å². The van der Waals surface area contributed by atoms with E-state index in [2.05, 4.69) is 10.3 Å². The molecule has 2 aromatic carbocycles.